The Hall–Kier alpha value is -0.600. The van der Waals surface area contributed by atoms with Crippen molar-refractivity contribution >= 4 is 0 Å². The lowest BCUT2D eigenvalue weighted by atomic mass is 9.85. The molecule has 10 heavy (non-hydrogen) atoms. The molecule has 0 heterocycles. The third-order valence-corrected chi connectivity index (χ3v) is 1.69. The van der Waals surface area contributed by atoms with Crippen molar-refractivity contribution in [1.82, 2.24) is 0 Å². The molecule has 0 fully saturated rings. The smallest absolute Gasteiger partial charge is 0.0522 e. The molecule has 0 spiro atoms. The Kier molecular flexibility index (Phi) is 3.33. The standard InChI is InChI=1S/C8H12O.H2O/c1-8(7-9)5-3-2-4-6-8;/h2-5,9H,6-7H2,1H3;1H2. The minimum absolute atomic E-state index is 0. The average Bonchev–Trinajstić information content (AvgIpc) is 1.90. The van der Waals surface area contributed by atoms with Crippen molar-refractivity contribution in [1.29, 1.82) is 0 Å². The highest BCUT2D eigenvalue weighted by Crippen LogP contribution is 2.25. The molecule has 0 amide bonds. The summed E-state index contributed by atoms with van der Waals surface area (Å²) in [5, 5.41) is 8.87. The summed E-state index contributed by atoms with van der Waals surface area (Å²) < 4.78 is 0. The third kappa shape index (κ3) is 1.97. The summed E-state index contributed by atoms with van der Waals surface area (Å²) in [6.07, 6.45) is 9.08. The maximum Gasteiger partial charge on any atom is 0.0522 e. The van der Waals surface area contributed by atoms with Gasteiger partial charge in [-0.05, 0) is 6.42 Å². The van der Waals surface area contributed by atoms with Crippen LogP contribution in [0.15, 0.2) is 24.3 Å². The molecule has 0 aromatic rings. The van der Waals surface area contributed by atoms with Gasteiger partial charge < -0.3 is 10.6 Å². The maximum absolute atomic E-state index is 8.87. The second-order valence-electron chi connectivity index (χ2n) is 2.80. The van der Waals surface area contributed by atoms with Gasteiger partial charge in [-0.2, -0.15) is 0 Å². The van der Waals surface area contributed by atoms with Gasteiger partial charge in [0.1, 0.15) is 0 Å². The quantitative estimate of drug-likeness (QED) is 0.575. The van der Waals surface area contributed by atoms with Crippen LogP contribution < -0.4 is 0 Å². The molecular formula is C8H14O2. The molecule has 2 heteroatoms. The number of rotatable bonds is 1. The molecule has 0 bridgehead atoms. The van der Waals surface area contributed by atoms with Crippen molar-refractivity contribution in [2.75, 3.05) is 6.61 Å². The van der Waals surface area contributed by atoms with Crippen LogP contribution in [0, 0.1) is 5.41 Å². The van der Waals surface area contributed by atoms with Crippen LogP contribution in [0.25, 0.3) is 0 Å². The second-order valence-corrected chi connectivity index (χ2v) is 2.80. The molecular weight excluding hydrogens is 128 g/mol. The van der Waals surface area contributed by atoms with Gasteiger partial charge in [0.2, 0.25) is 0 Å². The molecule has 1 rings (SSSR count). The Morgan fingerprint density at radius 3 is 2.50 bits per heavy atom. The van der Waals surface area contributed by atoms with Gasteiger partial charge in [0.15, 0.2) is 0 Å². The van der Waals surface area contributed by atoms with E-state index in [0.717, 1.165) is 6.42 Å². The van der Waals surface area contributed by atoms with Gasteiger partial charge in [-0.3, -0.25) is 0 Å². The minimum atomic E-state index is 0. The number of allylic oxidation sites excluding steroid dienone is 3. The molecule has 0 aliphatic heterocycles. The molecule has 1 atom stereocenters. The van der Waals surface area contributed by atoms with Gasteiger partial charge in [0.25, 0.3) is 0 Å². The number of aliphatic hydroxyl groups excluding tert-OH is 1. The van der Waals surface area contributed by atoms with E-state index in [9.17, 15) is 0 Å². The van der Waals surface area contributed by atoms with Crippen molar-refractivity contribution in [2.45, 2.75) is 13.3 Å². The van der Waals surface area contributed by atoms with Crippen molar-refractivity contribution in [3.05, 3.63) is 24.3 Å². The largest absolute Gasteiger partial charge is 0.412 e. The van der Waals surface area contributed by atoms with Crippen molar-refractivity contribution in [2.24, 2.45) is 5.41 Å². The summed E-state index contributed by atoms with van der Waals surface area (Å²) in [4.78, 5) is 0. The number of hydrogen-bond acceptors (Lipinski definition) is 1. The molecule has 58 valence electrons. The summed E-state index contributed by atoms with van der Waals surface area (Å²) in [7, 11) is 0. The highest BCUT2D eigenvalue weighted by atomic mass is 16.3. The highest BCUT2D eigenvalue weighted by molar-refractivity contribution is 5.15. The lowest BCUT2D eigenvalue weighted by molar-refractivity contribution is 0.185. The number of hydrogen-bond donors (Lipinski definition) is 1. The number of aliphatic hydroxyl groups is 1. The molecule has 1 aliphatic carbocycles. The monoisotopic (exact) mass is 142 g/mol. The minimum Gasteiger partial charge on any atom is -0.412 e. The molecule has 0 aromatic carbocycles. The predicted octanol–water partition coefficient (Wildman–Crippen LogP) is 0.676. The topological polar surface area (TPSA) is 51.7 Å². The van der Waals surface area contributed by atoms with Crippen LogP contribution in [0.5, 0.6) is 0 Å². The maximum atomic E-state index is 8.87. The van der Waals surface area contributed by atoms with E-state index in [1.807, 2.05) is 25.2 Å². The summed E-state index contributed by atoms with van der Waals surface area (Å²) in [6, 6.07) is 0. The molecule has 0 saturated carbocycles. The van der Waals surface area contributed by atoms with Crippen LogP contribution in [-0.2, 0) is 0 Å². The van der Waals surface area contributed by atoms with E-state index in [1.165, 1.54) is 0 Å². The molecule has 0 radical (unpaired) electrons. The van der Waals surface area contributed by atoms with Crippen molar-refractivity contribution in [3.8, 4) is 0 Å². The van der Waals surface area contributed by atoms with E-state index >= 15 is 0 Å². The molecule has 0 saturated heterocycles. The lowest BCUT2D eigenvalue weighted by Gasteiger charge is -2.22. The molecule has 1 unspecified atom stereocenters. The first kappa shape index (κ1) is 9.40. The molecule has 1 aliphatic rings. The van der Waals surface area contributed by atoms with E-state index in [4.69, 9.17) is 5.11 Å². The van der Waals surface area contributed by atoms with Gasteiger partial charge in [-0.15, -0.1) is 0 Å². The second kappa shape index (κ2) is 3.54. The zero-order valence-corrected chi connectivity index (χ0v) is 6.17. The van der Waals surface area contributed by atoms with Gasteiger partial charge in [-0.1, -0.05) is 31.2 Å². The summed E-state index contributed by atoms with van der Waals surface area (Å²) in [6.45, 7) is 2.29. The normalized spacial score (nSPS) is 29.8. The van der Waals surface area contributed by atoms with E-state index < -0.39 is 0 Å². The molecule has 3 N–H and O–H groups in total. The van der Waals surface area contributed by atoms with Crippen LogP contribution >= 0.6 is 0 Å². The van der Waals surface area contributed by atoms with Crippen LogP contribution in [0.4, 0.5) is 0 Å². The van der Waals surface area contributed by atoms with E-state index in [1.54, 1.807) is 0 Å². The Morgan fingerprint density at radius 1 is 1.50 bits per heavy atom. The zero-order valence-electron chi connectivity index (χ0n) is 6.17. The van der Waals surface area contributed by atoms with Crippen molar-refractivity contribution < 1.29 is 10.6 Å². The lowest BCUT2D eigenvalue weighted by Crippen LogP contribution is -2.18. The third-order valence-electron chi connectivity index (χ3n) is 1.69. The molecule has 0 aromatic heterocycles. The fraction of sp³-hybridized carbons (Fsp3) is 0.500. The Bertz CT molecular complexity index is 149. The SMILES string of the molecule is CC1(CO)C=CC=CC1.O. The summed E-state index contributed by atoms with van der Waals surface area (Å²) >= 11 is 0. The summed E-state index contributed by atoms with van der Waals surface area (Å²) in [5.74, 6) is 0. The van der Waals surface area contributed by atoms with E-state index in [-0.39, 0.29) is 17.5 Å². The van der Waals surface area contributed by atoms with Crippen molar-refractivity contribution in [3.63, 3.8) is 0 Å². The fourth-order valence-electron chi connectivity index (χ4n) is 0.889. The van der Waals surface area contributed by atoms with Gasteiger partial charge in [0.05, 0.1) is 6.61 Å². The Balaban J connectivity index is 0.000000810. The van der Waals surface area contributed by atoms with Gasteiger partial charge >= 0.3 is 0 Å². The fourth-order valence-corrected chi connectivity index (χ4v) is 0.889. The van der Waals surface area contributed by atoms with E-state index in [0.29, 0.717) is 0 Å². The van der Waals surface area contributed by atoms with Gasteiger partial charge in [0, 0.05) is 5.41 Å². The Labute approximate surface area is 61.2 Å². The Morgan fingerprint density at radius 2 is 2.20 bits per heavy atom. The van der Waals surface area contributed by atoms with Crippen LogP contribution in [0.2, 0.25) is 0 Å². The van der Waals surface area contributed by atoms with Crippen LogP contribution in [-0.4, -0.2) is 17.2 Å². The first-order valence-corrected chi connectivity index (χ1v) is 3.22. The average molecular weight is 142 g/mol. The molecule has 2 nitrogen and oxygen atoms in total. The first-order chi connectivity index (χ1) is 4.27. The van der Waals surface area contributed by atoms with Crippen LogP contribution in [0.3, 0.4) is 0 Å². The first-order valence-electron chi connectivity index (χ1n) is 3.22. The zero-order chi connectivity index (χ0) is 6.74. The predicted molar refractivity (Wildman–Crippen MR) is 41.7 cm³/mol. The van der Waals surface area contributed by atoms with Gasteiger partial charge in [-0.25, -0.2) is 0 Å². The highest BCUT2D eigenvalue weighted by Gasteiger charge is 2.18. The van der Waals surface area contributed by atoms with E-state index in [2.05, 4.69) is 6.08 Å². The van der Waals surface area contributed by atoms with Crippen LogP contribution in [0.1, 0.15) is 13.3 Å². The summed E-state index contributed by atoms with van der Waals surface area (Å²) in [5.41, 5.74) is 0.00868.